The Bertz CT molecular complexity index is 839. The second kappa shape index (κ2) is 7.02. The van der Waals surface area contributed by atoms with Gasteiger partial charge in [-0.3, -0.25) is 9.69 Å². The Morgan fingerprint density at radius 1 is 0.846 bits per heavy atom. The highest BCUT2D eigenvalue weighted by atomic mass is 16.6. The highest BCUT2D eigenvalue weighted by molar-refractivity contribution is 6.04. The van der Waals surface area contributed by atoms with E-state index in [1.165, 1.54) is 0 Å². The lowest BCUT2D eigenvalue weighted by Crippen LogP contribution is -2.30. The molecule has 0 radical (unpaired) electrons. The molecule has 4 nitrogen and oxygen atoms in total. The Hall–Kier alpha value is -3.11. The van der Waals surface area contributed by atoms with Crippen LogP contribution in [-0.4, -0.2) is 19.1 Å². The summed E-state index contributed by atoms with van der Waals surface area (Å²) >= 11 is 0. The molecule has 0 N–H and O–H groups in total. The van der Waals surface area contributed by atoms with Crippen molar-refractivity contribution >= 4 is 17.3 Å². The maximum Gasteiger partial charge on any atom is 0.263 e. The van der Waals surface area contributed by atoms with Crippen LogP contribution in [-0.2, 0) is 9.53 Å². The summed E-state index contributed by atoms with van der Waals surface area (Å²) in [5.74, 6) is 0.718. The SMILES string of the molecule is COc1ccc([C@H]2O[C@@H]2C(=O)N(c2ccccc2)c2ccccc2)cc1. The smallest absolute Gasteiger partial charge is 0.263 e. The van der Waals surface area contributed by atoms with E-state index in [-0.39, 0.29) is 12.0 Å². The van der Waals surface area contributed by atoms with Crippen LogP contribution < -0.4 is 9.64 Å². The monoisotopic (exact) mass is 345 g/mol. The fraction of sp³-hybridized carbons (Fsp3) is 0.136. The molecule has 1 heterocycles. The molecule has 1 aliphatic heterocycles. The number of methoxy groups -OCH3 is 1. The van der Waals surface area contributed by atoms with Gasteiger partial charge in [0, 0.05) is 11.4 Å². The average molecular weight is 345 g/mol. The Morgan fingerprint density at radius 2 is 1.38 bits per heavy atom. The summed E-state index contributed by atoms with van der Waals surface area (Å²) in [7, 11) is 1.63. The van der Waals surface area contributed by atoms with Crippen molar-refractivity contribution in [3.05, 3.63) is 90.5 Å². The van der Waals surface area contributed by atoms with E-state index in [0.29, 0.717) is 0 Å². The van der Waals surface area contributed by atoms with Gasteiger partial charge in [0.2, 0.25) is 0 Å². The van der Waals surface area contributed by atoms with Crippen LogP contribution in [0.5, 0.6) is 5.75 Å². The van der Waals surface area contributed by atoms with Gasteiger partial charge in [0.25, 0.3) is 5.91 Å². The summed E-state index contributed by atoms with van der Waals surface area (Å²) in [5.41, 5.74) is 2.63. The summed E-state index contributed by atoms with van der Waals surface area (Å²) < 4.78 is 10.9. The maximum absolute atomic E-state index is 13.2. The van der Waals surface area contributed by atoms with E-state index in [1.807, 2.05) is 84.9 Å². The molecule has 0 spiro atoms. The second-order valence-electron chi connectivity index (χ2n) is 6.10. The lowest BCUT2D eigenvalue weighted by molar-refractivity contribution is -0.119. The number of amides is 1. The van der Waals surface area contributed by atoms with Gasteiger partial charge in [0.15, 0.2) is 6.10 Å². The molecule has 0 unspecified atom stereocenters. The zero-order chi connectivity index (χ0) is 17.9. The van der Waals surface area contributed by atoms with E-state index >= 15 is 0 Å². The van der Waals surface area contributed by atoms with Crippen molar-refractivity contribution in [1.29, 1.82) is 0 Å². The molecule has 26 heavy (non-hydrogen) atoms. The highest BCUT2D eigenvalue weighted by Crippen LogP contribution is 2.42. The van der Waals surface area contributed by atoms with E-state index in [0.717, 1.165) is 22.7 Å². The van der Waals surface area contributed by atoms with Gasteiger partial charge in [-0.25, -0.2) is 0 Å². The van der Waals surface area contributed by atoms with Crippen molar-refractivity contribution < 1.29 is 14.3 Å². The number of anilines is 2. The quantitative estimate of drug-likeness (QED) is 0.639. The standard InChI is InChI=1S/C22H19NO3/c1-25-19-14-12-16(13-15-19)20-21(26-20)22(24)23(17-8-4-2-5-9-17)18-10-6-3-7-11-18/h2-15,20-21H,1H3/t20-,21+/m1/s1. The molecule has 4 rings (SSSR count). The number of nitrogens with zero attached hydrogens (tertiary/aromatic N) is 1. The van der Waals surface area contributed by atoms with Crippen LogP contribution in [0.3, 0.4) is 0 Å². The number of epoxide rings is 1. The van der Waals surface area contributed by atoms with E-state index in [9.17, 15) is 4.79 Å². The predicted octanol–water partition coefficient (Wildman–Crippen LogP) is 4.50. The van der Waals surface area contributed by atoms with Gasteiger partial charge in [-0.2, -0.15) is 0 Å². The Balaban J connectivity index is 1.60. The number of rotatable bonds is 5. The van der Waals surface area contributed by atoms with Gasteiger partial charge < -0.3 is 9.47 Å². The lowest BCUT2D eigenvalue weighted by atomic mass is 10.1. The first-order valence-electron chi connectivity index (χ1n) is 8.51. The van der Waals surface area contributed by atoms with Crippen molar-refractivity contribution in [3.8, 4) is 5.75 Å². The van der Waals surface area contributed by atoms with Gasteiger partial charge in [0.05, 0.1) is 7.11 Å². The van der Waals surface area contributed by atoms with Crippen LogP contribution in [0.4, 0.5) is 11.4 Å². The summed E-state index contributed by atoms with van der Waals surface area (Å²) in [5, 5.41) is 0. The van der Waals surface area contributed by atoms with Crippen LogP contribution >= 0.6 is 0 Å². The third-order valence-corrected chi connectivity index (χ3v) is 4.43. The fourth-order valence-electron chi connectivity index (χ4n) is 3.03. The zero-order valence-electron chi connectivity index (χ0n) is 14.4. The molecule has 0 aliphatic carbocycles. The number of hydrogen-bond acceptors (Lipinski definition) is 3. The third kappa shape index (κ3) is 3.19. The fourth-order valence-corrected chi connectivity index (χ4v) is 3.03. The number of ether oxygens (including phenoxy) is 2. The molecular weight excluding hydrogens is 326 g/mol. The molecule has 3 aromatic carbocycles. The molecule has 0 bridgehead atoms. The van der Waals surface area contributed by atoms with Crippen molar-refractivity contribution in [1.82, 2.24) is 0 Å². The van der Waals surface area contributed by atoms with E-state index in [1.54, 1.807) is 12.0 Å². The van der Waals surface area contributed by atoms with Crippen LogP contribution in [0.2, 0.25) is 0 Å². The third-order valence-electron chi connectivity index (χ3n) is 4.43. The van der Waals surface area contributed by atoms with Crippen molar-refractivity contribution in [2.24, 2.45) is 0 Å². The van der Waals surface area contributed by atoms with Crippen LogP contribution in [0, 0.1) is 0 Å². The number of carbonyl (C=O) groups excluding carboxylic acids is 1. The van der Waals surface area contributed by atoms with Crippen LogP contribution in [0.25, 0.3) is 0 Å². The minimum Gasteiger partial charge on any atom is -0.497 e. The van der Waals surface area contributed by atoms with Gasteiger partial charge in [-0.1, -0.05) is 48.5 Å². The predicted molar refractivity (Wildman–Crippen MR) is 101 cm³/mol. The van der Waals surface area contributed by atoms with E-state index < -0.39 is 6.10 Å². The number of para-hydroxylation sites is 2. The van der Waals surface area contributed by atoms with Crippen molar-refractivity contribution in [2.45, 2.75) is 12.2 Å². The average Bonchev–Trinajstić information content (AvgIpc) is 3.51. The molecule has 4 heteroatoms. The molecule has 0 aromatic heterocycles. The molecule has 1 amide bonds. The molecule has 3 aromatic rings. The highest BCUT2D eigenvalue weighted by Gasteiger charge is 2.48. The van der Waals surface area contributed by atoms with Gasteiger partial charge in [-0.15, -0.1) is 0 Å². The van der Waals surface area contributed by atoms with Crippen LogP contribution in [0.15, 0.2) is 84.9 Å². The number of benzene rings is 3. The van der Waals surface area contributed by atoms with Crippen molar-refractivity contribution in [3.63, 3.8) is 0 Å². The van der Waals surface area contributed by atoms with Gasteiger partial charge in [0.1, 0.15) is 11.9 Å². The first-order chi connectivity index (χ1) is 12.8. The summed E-state index contributed by atoms with van der Waals surface area (Å²) in [4.78, 5) is 14.9. The van der Waals surface area contributed by atoms with Crippen molar-refractivity contribution in [2.75, 3.05) is 12.0 Å². The first-order valence-corrected chi connectivity index (χ1v) is 8.51. The molecule has 1 saturated heterocycles. The Labute approximate surface area is 152 Å². The zero-order valence-corrected chi connectivity index (χ0v) is 14.4. The first kappa shape index (κ1) is 16.4. The maximum atomic E-state index is 13.2. The molecule has 2 atom stereocenters. The normalized spacial score (nSPS) is 18.2. The minimum atomic E-state index is -0.483. The minimum absolute atomic E-state index is 0.0665. The topological polar surface area (TPSA) is 42.1 Å². The van der Waals surface area contributed by atoms with E-state index in [4.69, 9.17) is 9.47 Å². The van der Waals surface area contributed by atoms with Crippen LogP contribution in [0.1, 0.15) is 11.7 Å². The second-order valence-corrected chi connectivity index (χ2v) is 6.10. The summed E-state index contributed by atoms with van der Waals surface area (Å²) in [6.45, 7) is 0. The Kier molecular flexibility index (Phi) is 4.42. The molecule has 1 fully saturated rings. The Morgan fingerprint density at radius 3 is 1.88 bits per heavy atom. The molecule has 130 valence electrons. The summed E-state index contributed by atoms with van der Waals surface area (Å²) in [6, 6.07) is 26.9. The number of hydrogen-bond donors (Lipinski definition) is 0. The lowest BCUT2D eigenvalue weighted by Gasteiger charge is -2.22. The van der Waals surface area contributed by atoms with E-state index in [2.05, 4.69) is 0 Å². The molecule has 0 saturated carbocycles. The summed E-state index contributed by atoms with van der Waals surface area (Å²) in [6.07, 6.45) is -0.702. The largest absolute Gasteiger partial charge is 0.497 e. The number of carbonyl (C=O) groups is 1. The van der Waals surface area contributed by atoms with Gasteiger partial charge >= 0.3 is 0 Å². The van der Waals surface area contributed by atoms with Gasteiger partial charge in [-0.05, 0) is 42.0 Å². The molecule has 1 aliphatic rings. The molecular formula is C22H19NO3.